The molecule has 1 aliphatic rings. The Morgan fingerprint density at radius 3 is 2.46 bits per heavy atom. The summed E-state index contributed by atoms with van der Waals surface area (Å²) in [5.74, 6) is -1.25. The number of carboxylic acids is 1. The van der Waals surface area contributed by atoms with E-state index in [0.717, 1.165) is 0 Å². The molecule has 1 aromatic heterocycles. The van der Waals surface area contributed by atoms with Crippen molar-refractivity contribution in [3.05, 3.63) is 59.2 Å². The number of benzene rings is 1. The van der Waals surface area contributed by atoms with Crippen LogP contribution in [0.3, 0.4) is 0 Å². The molecular weight excluding hydrogens is 316 g/mol. The molecule has 8 heteroatoms. The van der Waals surface area contributed by atoms with Gasteiger partial charge >= 0.3 is 6.03 Å². The highest BCUT2D eigenvalue weighted by molar-refractivity contribution is 6.13. The summed E-state index contributed by atoms with van der Waals surface area (Å²) in [5, 5.41) is 15.1. The van der Waals surface area contributed by atoms with Gasteiger partial charge in [0.05, 0.1) is 0 Å². The molecule has 0 saturated carbocycles. The molecule has 8 nitrogen and oxygen atoms in total. The average molecular weight is 327 g/mol. The van der Waals surface area contributed by atoms with Crippen LogP contribution in [0.5, 0.6) is 5.75 Å². The Labute approximate surface area is 135 Å². The van der Waals surface area contributed by atoms with Gasteiger partial charge in [0.15, 0.2) is 0 Å². The Balaban J connectivity index is 1.62. The van der Waals surface area contributed by atoms with Crippen LogP contribution in [-0.4, -0.2) is 17.9 Å². The largest absolute Gasteiger partial charge is 0.542 e. The highest BCUT2D eigenvalue weighted by Crippen LogP contribution is 2.17. The van der Waals surface area contributed by atoms with Gasteiger partial charge < -0.3 is 24.4 Å². The molecule has 122 valence electrons. The number of amides is 3. The van der Waals surface area contributed by atoms with Gasteiger partial charge in [0.1, 0.15) is 35.5 Å². The first-order valence-corrected chi connectivity index (χ1v) is 6.88. The van der Waals surface area contributed by atoms with Crippen LogP contribution in [0.2, 0.25) is 0 Å². The van der Waals surface area contributed by atoms with E-state index in [0.29, 0.717) is 17.1 Å². The van der Waals surface area contributed by atoms with Crippen LogP contribution in [0, 0.1) is 0 Å². The van der Waals surface area contributed by atoms with Crippen molar-refractivity contribution < 1.29 is 28.6 Å². The third-order valence-corrected chi connectivity index (χ3v) is 3.15. The molecule has 2 heterocycles. The van der Waals surface area contributed by atoms with E-state index in [4.69, 9.17) is 9.15 Å². The Bertz CT molecular complexity index is 835. The minimum absolute atomic E-state index is 0.0617. The van der Waals surface area contributed by atoms with Crippen LogP contribution in [0.1, 0.15) is 21.9 Å². The van der Waals surface area contributed by atoms with Gasteiger partial charge in [-0.1, -0.05) is 12.1 Å². The molecule has 1 fully saturated rings. The molecule has 24 heavy (non-hydrogen) atoms. The molecule has 1 saturated heterocycles. The number of carbonyl (C=O) groups excluding carboxylic acids is 3. The molecule has 0 bridgehead atoms. The number of rotatable bonds is 5. The van der Waals surface area contributed by atoms with Crippen LogP contribution >= 0.6 is 0 Å². The molecule has 0 aliphatic carbocycles. The molecule has 0 atom stereocenters. The van der Waals surface area contributed by atoms with Gasteiger partial charge in [-0.25, -0.2) is 4.79 Å². The third-order valence-electron chi connectivity index (χ3n) is 3.15. The zero-order valence-corrected chi connectivity index (χ0v) is 12.2. The molecule has 3 amide bonds. The van der Waals surface area contributed by atoms with Gasteiger partial charge in [-0.3, -0.25) is 10.1 Å². The quantitative estimate of drug-likeness (QED) is 0.606. The third kappa shape index (κ3) is 3.43. The first-order valence-electron chi connectivity index (χ1n) is 6.88. The molecule has 0 spiro atoms. The summed E-state index contributed by atoms with van der Waals surface area (Å²) in [4.78, 5) is 33.0. The van der Waals surface area contributed by atoms with Crippen molar-refractivity contribution in [1.29, 1.82) is 0 Å². The number of imide groups is 1. The average Bonchev–Trinajstić information content (AvgIpc) is 3.14. The van der Waals surface area contributed by atoms with Gasteiger partial charge in [-0.2, -0.15) is 0 Å². The van der Waals surface area contributed by atoms with Crippen LogP contribution in [0.4, 0.5) is 4.79 Å². The second-order valence-electron chi connectivity index (χ2n) is 4.88. The normalized spacial score (nSPS) is 15.2. The van der Waals surface area contributed by atoms with Crippen molar-refractivity contribution in [2.24, 2.45) is 0 Å². The smallest absolute Gasteiger partial charge is 0.326 e. The van der Waals surface area contributed by atoms with E-state index in [9.17, 15) is 19.5 Å². The second kappa shape index (κ2) is 6.29. The molecule has 0 unspecified atom stereocenters. The Morgan fingerprint density at radius 1 is 1.12 bits per heavy atom. The minimum Gasteiger partial charge on any atom is -0.542 e. The number of hydrogen-bond donors (Lipinski definition) is 2. The molecule has 1 aromatic carbocycles. The standard InChI is InChI=1S/C16H12N2O6/c19-14-12(17-16(22)18-14)7-9-1-3-10(4-2-9)23-8-11-5-6-13(24-11)15(20)21/h1-7H,8H2,(H,20,21)(H2,17,18,19,22)/p-1/b12-7+. The molecule has 2 N–H and O–H groups in total. The van der Waals surface area contributed by atoms with Gasteiger partial charge in [0.2, 0.25) is 0 Å². The highest BCUT2D eigenvalue weighted by Gasteiger charge is 2.22. The lowest BCUT2D eigenvalue weighted by Gasteiger charge is -2.05. The maximum atomic E-state index is 11.4. The second-order valence-corrected chi connectivity index (χ2v) is 4.88. The highest BCUT2D eigenvalue weighted by atomic mass is 16.5. The number of aromatic carboxylic acids is 1. The summed E-state index contributed by atoms with van der Waals surface area (Å²) < 4.78 is 10.5. The first kappa shape index (κ1) is 15.3. The van der Waals surface area contributed by atoms with Crippen LogP contribution in [-0.2, 0) is 11.4 Å². The van der Waals surface area contributed by atoms with Crippen LogP contribution in [0.25, 0.3) is 6.08 Å². The fraction of sp³-hybridized carbons (Fsp3) is 0.0625. The Hall–Kier alpha value is -3.55. The van der Waals surface area contributed by atoms with Crippen molar-refractivity contribution in [1.82, 2.24) is 10.6 Å². The Morgan fingerprint density at radius 2 is 1.88 bits per heavy atom. The lowest BCUT2D eigenvalue weighted by molar-refractivity contribution is -0.257. The maximum Gasteiger partial charge on any atom is 0.326 e. The van der Waals surface area contributed by atoms with E-state index in [-0.39, 0.29) is 18.1 Å². The van der Waals surface area contributed by atoms with Crippen molar-refractivity contribution in [2.75, 3.05) is 0 Å². The number of furan rings is 1. The topological polar surface area (TPSA) is 121 Å². The fourth-order valence-electron chi connectivity index (χ4n) is 2.03. The van der Waals surface area contributed by atoms with Crippen LogP contribution < -0.4 is 20.5 Å². The molecule has 0 radical (unpaired) electrons. The molecule has 2 aromatic rings. The Kier molecular flexibility index (Phi) is 4.02. The number of hydrogen-bond acceptors (Lipinski definition) is 6. The van der Waals surface area contributed by atoms with Gasteiger partial charge in [-0.15, -0.1) is 0 Å². The van der Waals surface area contributed by atoms with Crippen LogP contribution in [0.15, 0.2) is 46.5 Å². The molecular formula is C16H11N2O6-. The monoisotopic (exact) mass is 327 g/mol. The summed E-state index contributed by atoms with van der Waals surface area (Å²) in [6.45, 7) is 0.0617. The predicted octanol–water partition coefficient (Wildman–Crippen LogP) is 0.402. The summed E-state index contributed by atoms with van der Waals surface area (Å²) in [6, 6.07) is 8.98. The number of ether oxygens (including phenoxy) is 1. The zero-order valence-electron chi connectivity index (χ0n) is 12.2. The molecule has 3 rings (SSSR count). The summed E-state index contributed by atoms with van der Waals surface area (Å²) in [6.07, 6.45) is 1.53. The van der Waals surface area contributed by atoms with Gasteiger partial charge in [0, 0.05) is 0 Å². The van der Waals surface area contributed by atoms with E-state index in [1.807, 2.05) is 0 Å². The van der Waals surface area contributed by atoms with Crippen molar-refractivity contribution in [3.8, 4) is 5.75 Å². The van der Waals surface area contributed by atoms with Crippen molar-refractivity contribution in [2.45, 2.75) is 6.61 Å². The summed E-state index contributed by atoms with van der Waals surface area (Å²) in [7, 11) is 0. The predicted molar refractivity (Wildman–Crippen MR) is 78.5 cm³/mol. The van der Waals surface area contributed by atoms with E-state index in [1.165, 1.54) is 18.2 Å². The summed E-state index contributed by atoms with van der Waals surface area (Å²) >= 11 is 0. The minimum atomic E-state index is -1.39. The van der Waals surface area contributed by atoms with Gasteiger partial charge in [-0.05, 0) is 35.9 Å². The summed E-state index contributed by atoms with van der Waals surface area (Å²) in [5.41, 5.74) is 0.867. The molecule has 1 aliphatic heterocycles. The van der Waals surface area contributed by atoms with E-state index in [1.54, 1.807) is 24.3 Å². The van der Waals surface area contributed by atoms with Gasteiger partial charge in [0.25, 0.3) is 5.91 Å². The van der Waals surface area contributed by atoms with Crippen molar-refractivity contribution >= 4 is 24.0 Å². The fourth-order valence-corrected chi connectivity index (χ4v) is 2.03. The van der Waals surface area contributed by atoms with Crippen molar-refractivity contribution in [3.63, 3.8) is 0 Å². The zero-order chi connectivity index (χ0) is 17.1. The SMILES string of the molecule is O=C1NC(=O)/C(=C\c2ccc(OCc3ccc(C(=O)[O-])o3)cc2)N1. The lowest BCUT2D eigenvalue weighted by Crippen LogP contribution is -2.22. The number of urea groups is 1. The van der Waals surface area contributed by atoms with E-state index in [2.05, 4.69) is 10.6 Å². The van der Waals surface area contributed by atoms with E-state index < -0.39 is 17.9 Å². The number of carboxylic acid groups (broad SMARTS) is 1. The van der Waals surface area contributed by atoms with E-state index >= 15 is 0 Å². The number of carbonyl (C=O) groups is 3. The number of nitrogens with one attached hydrogen (secondary N) is 2. The first-order chi connectivity index (χ1) is 11.5. The lowest BCUT2D eigenvalue weighted by atomic mass is 10.2. The maximum absolute atomic E-state index is 11.4.